The van der Waals surface area contributed by atoms with Crippen LogP contribution in [0, 0.1) is 5.82 Å². The maximum Gasteiger partial charge on any atom is 0.336 e. The van der Waals surface area contributed by atoms with Crippen molar-refractivity contribution in [3.8, 4) is 0 Å². The number of fused-ring (bicyclic) bond motifs is 1. The van der Waals surface area contributed by atoms with Gasteiger partial charge in [-0.3, -0.25) is 9.67 Å². The molecule has 1 saturated carbocycles. The van der Waals surface area contributed by atoms with E-state index in [1.165, 1.54) is 37.2 Å². The summed E-state index contributed by atoms with van der Waals surface area (Å²) in [4.78, 5) is 15.5. The number of carbonyl (C=O) groups is 1. The number of carboxylic acids is 1. The van der Waals surface area contributed by atoms with E-state index in [2.05, 4.69) is 4.98 Å². The van der Waals surface area contributed by atoms with E-state index >= 15 is 0 Å². The average Bonchev–Trinajstić information content (AvgIpc) is 3.23. The van der Waals surface area contributed by atoms with Crippen molar-refractivity contribution >= 4 is 16.9 Å². The van der Waals surface area contributed by atoms with E-state index in [1.807, 2.05) is 4.68 Å². The van der Waals surface area contributed by atoms with Crippen molar-refractivity contribution < 1.29 is 14.3 Å². The van der Waals surface area contributed by atoms with E-state index in [4.69, 9.17) is 5.10 Å². The number of rotatable bonds is 4. The Morgan fingerprint density at radius 3 is 2.84 bits per heavy atom. The third-order valence-electron chi connectivity index (χ3n) is 4.91. The van der Waals surface area contributed by atoms with Gasteiger partial charge in [-0.05, 0) is 42.7 Å². The molecule has 0 amide bonds. The molecule has 0 unspecified atom stereocenters. The van der Waals surface area contributed by atoms with Crippen LogP contribution in [0.3, 0.4) is 0 Å². The Labute approximate surface area is 144 Å². The number of aromatic carboxylic acids is 1. The summed E-state index contributed by atoms with van der Waals surface area (Å²) in [6.07, 6.45) is 7.81. The van der Waals surface area contributed by atoms with Crippen LogP contribution in [0.4, 0.5) is 4.39 Å². The number of pyridine rings is 1. The van der Waals surface area contributed by atoms with Gasteiger partial charge in [0.15, 0.2) is 0 Å². The van der Waals surface area contributed by atoms with Crippen LogP contribution in [0.2, 0.25) is 0 Å². The highest BCUT2D eigenvalue weighted by Gasteiger charge is 2.22. The quantitative estimate of drug-likeness (QED) is 0.781. The van der Waals surface area contributed by atoms with Crippen LogP contribution >= 0.6 is 0 Å². The number of hydrogen-bond donors (Lipinski definition) is 1. The molecule has 0 spiro atoms. The van der Waals surface area contributed by atoms with E-state index < -0.39 is 5.97 Å². The molecule has 25 heavy (non-hydrogen) atoms. The molecule has 0 saturated heterocycles. The number of halogens is 1. The lowest BCUT2D eigenvalue weighted by atomic mass is 10.0. The van der Waals surface area contributed by atoms with Crippen LogP contribution in [0.25, 0.3) is 10.9 Å². The topological polar surface area (TPSA) is 68.0 Å². The zero-order chi connectivity index (χ0) is 17.4. The van der Waals surface area contributed by atoms with Gasteiger partial charge in [-0.2, -0.15) is 5.10 Å². The zero-order valence-electron chi connectivity index (χ0n) is 13.7. The van der Waals surface area contributed by atoms with Crippen LogP contribution < -0.4 is 0 Å². The Hall–Kier alpha value is -2.76. The lowest BCUT2D eigenvalue weighted by Gasteiger charge is -2.11. The fourth-order valence-electron chi connectivity index (χ4n) is 3.69. The number of benzene rings is 1. The van der Waals surface area contributed by atoms with Crippen LogP contribution in [-0.2, 0) is 6.42 Å². The van der Waals surface area contributed by atoms with Crippen molar-refractivity contribution in [1.29, 1.82) is 0 Å². The second-order valence-electron chi connectivity index (χ2n) is 6.51. The summed E-state index contributed by atoms with van der Waals surface area (Å²) in [5.74, 6) is -1.31. The van der Waals surface area contributed by atoms with Gasteiger partial charge in [0.2, 0.25) is 0 Å². The third-order valence-corrected chi connectivity index (χ3v) is 4.91. The summed E-state index contributed by atoms with van der Waals surface area (Å²) in [5.41, 5.74) is 2.38. The van der Waals surface area contributed by atoms with Gasteiger partial charge in [0, 0.05) is 24.2 Å². The van der Waals surface area contributed by atoms with Crippen LogP contribution in [0.5, 0.6) is 0 Å². The Morgan fingerprint density at radius 2 is 2.08 bits per heavy atom. The van der Waals surface area contributed by atoms with Crippen molar-refractivity contribution in [2.75, 3.05) is 0 Å². The average molecular weight is 339 g/mol. The molecule has 6 heteroatoms. The summed E-state index contributed by atoms with van der Waals surface area (Å²) in [6.45, 7) is 0. The molecule has 2 aromatic heterocycles. The highest BCUT2D eigenvalue weighted by molar-refractivity contribution is 5.89. The first-order valence-corrected chi connectivity index (χ1v) is 8.46. The van der Waals surface area contributed by atoms with Gasteiger partial charge in [0.05, 0.1) is 22.8 Å². The van der Waals surface area contributed by atoms with Gasteiger partial charge in [-0.1, -0.05) is 12.8 Å². The minimum atomic E-state index is -0.997. The molecule has 1 N–H and O–H groups in total. The van der Waals surface area contributed by atoms with E-state index in [9.17, 15) is 14.3 Å². The Bertz CT molecular complexity index is 945. The molecule has 4 rings (SSSR count). The van der Waals surface area contributed by atoms with E-state index in [0.29, 0.717) is 23.7 Å². The lowest BCUT2D eigenvalue weighted by Crippen LogP contribution is -2.08. The first-order valence-electron chi connectivity index (χ1n) is 8.46. The Kier molecular flexibility index (Phi) is 3.95. The highest BCUT2D eigenvalue weighted by atomic mass is 19.1. The second-order valence-corrected chi connectivity index (χ2v) is 6.51. The monoisotopic (exact) mass is 339 g/mol. The molecule has 3 aromatic rings. The fraction of sp³-hybridized carbons (Fsp3) is 0.316. The molecule has 0 atom stereocenters. The minimum Gasteiger partial charge on any atom is -0.478 e. The van der Waals surface area contributed by atoms with Crippen LogP contribution in [0.1, 0.15) is 53.3 Å². The summed E-state index contributed by atoms with van der Waals surface area (Å²) in [5, 5.41) is 14.8. The number of aromatic nitrogens is 3. The predicted molar refractivity (Wildman–Crippen MR) is 91.2 cm³/mol. The van der Waals surface area contributed by atoms with E-state index in [0.717, 1.165) is 23.7 Å². The summed E-state index contributed by atoms with van der Waals surface area (Å²) in [7, 11) is 0. The van der Waals surface area contributed by atoms with Crippen molar-refractivity contribution in [2.24, 2.45) is 0 Å². The van der Waals surface area contributed by atoms with Crippen LogP contribution in [-0.4, -0.2) is 25.8 Å². The number of hydrogen-bond acceptors (Lipinski definition) is 3. The first-order chi connectivity index (χ1) is 12.1. The molecular formula is C19H18FN3O2. The molecule has 0 aliphatic heterocycles. The van der Waals surface area contributed by atoms with Gasteiger partial charge >= 0.3 is 5.97 Å². The molecule has 1 fully saturated rings. The Balaban J connectivity index is 1.82. The van der Waals surface area contributed by atoms with Gasteiger partial charge in [-0.25, -0.2) is 9.18 Å². The largest absolute Gasteiger partial charge is 0.478 e. The second kappa shape index (κ2) is 6.27. The fourth-order valence-corrected chi connectivity index (χ4v) is 3.69. The van der Waals surface area contributed by atoms with Gasteiger partial charge < -0.3 is 5.11 Å². The summed E-state index contributed by atoms with van der Waals surface area (Å²) >= 11 is 0. The summed E-state index contributed by atoms with van der Waals surface area (Å²) in [6, 6.07) is 6.51. The molecule has 128 valence electrons. The molecule has 0 radical (unpaired) electrons. The summed E-state index contributed by atoms with van der Waals surface area (Å²) < 4.78 is 15.8. The maximum atomic E-state index is 13.8. The number of nitrogens with zero attached hydrogens (tertiary/aromatic N) is 3. The lowest BCUT2D eigenvalue weighted by molar-refractivity contribution is 0.0695. The molecule has 1 aliphatic rings. The SMILES string of the molecule is O=C(O)c1ccncc1Cc1nn(C2CCCC2)c2ccc(F)cc12. The smallest absolute Gasteiger partial charge is 0.336 e. The zero-order valence-corrected chi connectivity index (χ0v) is 13.7. The molecular weight excluding hydrogens is 321 g/mol. The van der Waals surface area contributed by atoms with Crippen LogP contribution in [0.15, 0.2) is 36.7 Å². The molecule has 0 bridgehead atoms. The standard InChI is InChI=1S/C19H18FN3O2/c20-13-5-6-18-16(10-13)17(22-23(18)14-3-1-2-4-14)9-12-11-21-8-7-15(12)19(24)25/h5-8,10-11,14H,1-4,9H2,(H,24,25). The van der Waals surface area contributed by atoms with Gasteiger partial charge in [-0.15, -0.1) is 0 Å². The van der Waals surface area contributed by atoms with Crippen molar-refractivity contribution in [3.05, 3.63) is 59.3 Å². The first kappa shape index (κ1) is 15.7. The molecule has 2 heterocycles. The number of carboxylic acid groups (broad SMARTS) is 1. The Morgan fingerprint density at radius 1 is 1.28 bits per heavy atom. The molecule has 5 nitrogen and oxygen atoms in total. The van der Waals surface area contributed by atoms with Gasteiger partial charge in [0.25, 0.3) is 0 Å². The third kappa shape index (κ3) is 2.88. The molecule has 1 aromatic carbocycles. The highest BCUT2D eigenvalue weighted by Crippen LogP contribution is 2.33. The normalized spacial score (nSPS) is 15.1. The van der Waals surface area contributed by atoms with Crippen molar-refractivity contribution in [2.45, 2.75) is 38.1 Å². The van der Waals surface area contributed by atoms with E-state index in [-0.39, 0.29) is 11.4 Å². The maximum absolute atomic E-state index is 13.8. The predicted octanol–water partition coefficient (Wildman–Crippen LogP) is 3.97. The van der Waals surface area contributed by atoms with Gasteiger partial charge in [0.1, 0.15) is 5.82 Å². The minimum absolute atomic E-state index is 0.204. The van der Waals surface area contributed by atoms with Crippen molar-refractivity contribution in [1.82, 2.24) is 14.8 Å². The van der Waals surface area contributed by atoms with E-state index in [1.54, 1.807) is 12.3 Å². The van der Waals surface area contributed by atoms with Crippen molar-refractivity contribution in [3.63, 3.8) is 0 Å². The molecule has 1 aliphatic carbocycles.